The molecule has 0 atom stereocenters. The maximum Gasteiger partial charge on any atom is 0.254 e. The average Bonchev–Trinajstić information content (AvgIpc) is 2.63. The van der Waals surface area contributed by atoms with Crippen LogP contribution in [0.25, 0.3) is 11.0 Å². The number of nitrogens with one attached hydrogen (secondary N) is 1. The van der Waals surface area contributed by atoms with Crippen LogP contribution in [0.4, 0.5) is 0 Å². The number of carbonyl (C=O) groups excluding carboxylic acids is 1. The van der Waals surface area contributed by atoms with Crippen molar-refractivity contribution in [1.82, 2.24) is 14.9 Å². The maximum atomic E-state index is 11.7. The van der Waals surface area contributed by atoms with Crippen LogP contribution in [0.15, 0.2) is 24.5 Å². The van der Waals surface area contributed by atoms with Gasteiger partial charge >= 0.3 is 0 Å². The van der Waals surface area contributed by atoms with E-state index in [1.807, 2.05) is 6.07 Å². The molecule has 2 heterocycles. The molecule has 4 heteroatoms. The molecule has 0 radical (unpaired) electrons. The summed E-state index contributed by atoms with van der Waals surface area (Å²) in [5.74, 6) is -0.00278. The Hall–Kier alpha value is -1.84. The zero-order chi connectivity index (χ0) is 10.1. The van der Waals surface area contributed by atoms with E-state index in [4.69, 9.17) is 0 Å². The van der Waals surface area contributed by atoms with Crippen molar-refractivity contribution in [2.24, 2.45) is 0 Å². The van der Waals surface area contributed by atoms with E-state index in [2.05, 4.69) is 9.97 Å². The van der Waals surface area contributed by atoms with E-state index in [1.54, 1.807) is 37.5 Å². The molecule has 1 amide bonds. The number of fused-ring (bicyclic) bond motifs is 1. The van der Waals surface area contributed by atoms with E-state index in [1.165, 1.54) is 0 Å². The van der Waals surface area contributed by atoms with Crippen molar-refractivity contribution in [1.29, 1.82) is 0 Å². The van der Waals surface area contributed by atoms with Gasteiger partial charge in [-0.2, -0.15) is 0 Å². The lowest BCUT2D eigenvalue weighted by Crippen LogP contribution is -2.21. The zero-order valence-corrected chi connectivity index (χ0v) is 8.11. The second-order valence-corrected chi connectivity index (χ2v) is 3.30. The first-order chi connectivity index (χ1) is 6.70. The summed E-state index contributed by atoms with van der Waals surface area (Å²) in [5, 5.41) is 0.867. The monoisotopic (exact) mass is 189 g/mol. The summed E-state index contributed by atoms with van der Waals surface area (Å²) in [7, 11) is 3.47. The zero-order valence-electron chi connectivity index (χ0n) is 8.11. The molecule has 2 aromatic rings. The van der Waals surface area contributed by atoms with E-state index in [9.17, 15) is 4.79 Å². The van der Waals surface area contributed by atoms with E-state index in [0.717, 1.165) is 11.0 Å². The number of nitrogens with zero attached hydrogens (tertiary/aromatic N) is 2. The molecule has 0 fully saturated rings. The molecule has 0 bridgehead atoms. The summed E-state index contributed by atoms with van der Waals surface area (Å²) in [6, 6.07) is 3.59. The number of hydrogen-bond donors (Lipinski definition) is 1. The number of amides is 1. The molecule has 0 saturated heterocycles. The van der Waals surface area contributed by atoms with E-state index in [0.29, 0.717) is 5.56 Å². The number of aromatic nitrogens is 2. The fourth-order valence-corrected chi connectivity index (χ4v) is 1.39. The van der Waals surface area contributed by atoms with Crippen LogP contribution < -0.4 is 0 Å². The smallest absolute Gasteiger partial charge is 0.254 e. The highest BCUT2D eigenvalue weighted by molar-refractivity contribution is 6.05. The molecule has 0 saturated carbocycles. The Morgan fingerprint density at radius 1 is 1.43 bits per heavy atom. The van der Waals surface area contributed by atoms with Gasteiger partial charge in [0.25, 0.3) is 5.91 Å². The van der Waals surface area contributed by atoms with Gasteiger partial charge in [-0.1, -0.05) is 0 Å². The van der Waals surface area contributed by atoms with Gasteiger partial charge in [-0.15, -0.1) is 0 Å². The van der Waals surface area contributed by atoms with Gasteiger partial charge in [0.15, 0.2) is 0 Å². The van der Waals surface area contributed by atoms with Gasteiger partial charge in [0.05, 0.1) is 5.56 Å². The van der Waals surface area contributed by atoms with Crippen molar-refractivity contribution in [2.45, 2.75) is 0 Å². The molecular weight excluding hydrogens is 178 g/mol. The number of pyridine rings is 1. The van der Waals surface area contributed by atoms with Crippen LogP contribution in [-0.4, -0.2) is 34.9 Å². The number of H-pyrrole nitrogens is 1. The minimum absolute atomic E-state index is 0.00278. The largest absolute Gasteiger partial charge is 0.346 e. The molecule has 1 N–H and O–H groups in total. The van der Waals surface area contributed by atoms with Gasteiger partial charge in [-0.05, 0) is 12.1 Å². The van der Waals surface area contributed by atoms with Gasteiger partial charge < -0.3 is 9.88 Å². The molecule has 2 aromatic heterocycles. The molecule has 0 aliphatic carbocycles. The lowest BCUT2D eigenvalue weighted by Gasteiger charge is -2.10. The molecule has 0 unspecified atom stereocenters. The maximum absolute atomic E-state index is 11.7. The van der Waals surface area contributed by atoms with Crippen molar-refractivity contribution in [2.75, 3.05) is 14.1 Å². The highest BCUT2D eigenvalue weighted by Gasteiger charge is 2.12. The molecule has 0 aromatic carbocycles. The van der Waals surface area contributed by atoms with Crippen molar-refractivity contribution < 1.29 is 4.79 Å². The summed E-state index contributed by atoms with van der Waals surface area (Å²) < 4.78 is 0. The molecule has 4 nitrogen and oxygen atoms in total. The van der Waals surface area contributed by atoms with Gasteiger partial charge in [-0.25, -0.2) is 4.98 Å². The molecule has 14 heavy (non-hydrogen) atoms. The quantitative estimate of drug-likeness (QED) is 0.734. The minimum Gasteiger partial charge on any atom is -0.346 e. The third-order valence-corrected chi connectivity index (χ3v) is 2.10. The van der Waals surface area contributed by atoms with Crippen molar-refractivity contribution in [3.63, 3.8) is 0 Å². The van der Waals surface area contributed by atoms with Crippen LogP contribution >= 0.6 is 0 Å². The molecule has 0 aliphatic heterocycles. The van der Waals surface area contributed by atoms with Crippen LogP contribution in [0.1, 0.15) is 10.4 Å². The number of hydrogen-bond acceptors (Lipinski definition) is 2. The third-order valence-electron chi connectivity index (χ3n) is 2.10. The Balaban J connectivity index is 2.62. The first-order valence-electron chi connectivity index (χ1n) is 4.34. The molecule has 2 rings (SSSR count). The number of rotatable bonds is 1. The van der Waals surface area contributed by atoms with E-state index < -0.39 is 0 Å². The summed E-state index contributed by atoms with van der Waals surface area (Å²) >= 11 is 0. The Morgan fingerprint density at radius 2 is 2.21 bits per heavy atom. The summed E-state index contributed by atoms with van der Waals surface area (Å²) in [6.45, 7) is 0. The van der Waals surface area contributed by atoms with E-state index >= 15 is 0 Å². The number of aromatic amines is 1. The second-order valence-electron chi connectivity index (χ2n) is 3.30. The van der Waals surface area contributed by atoms with Crippen molar-refractivity contribution in [3.05, 3.63) is 30.1 Å². The van der Waals surface area contributed by atoms with Gasteiger partial charge in [0.1, 0.15) is 5.65 Å². The Kier molecular flexibility index (Phi) is 1.96. The number of carbonyl (C=O) groups is 1. The molecule has 0 aliphatic rings. The summed E-state index contributed by atoms with van der Waals surface area (Å²) in [5.41, 5.74) is 1.43. The SMILES string of the molecule is CN(C)C(=O)c1ccnc2[nH]ccc12. The molecular formula is C10H11N3O. The standard InChI is InChI=1S/C10H11N3O/c1-13(2)10(14)8-4-6-12-9-7(8)3-5-11-9/h3-6H,1-2H3,(H,11,12). The Bertz CT molecular complexity index is 473. The first-order valence-corrected chi connectivity index (χ1v) is 4.34. The lowest BCUT2D eigenvalue weighted by molar-refractivity contribution is 0.0829. The molecule has 0 spiro atoms. The lowest BCUT2D eigenvalue weighted by atomic mass is 10.1. The van der Waals surface area contributed by atoms with Gasteiger partial charge in [0, 0.05) is 31.9 Å². The van der Waals surface area contributed by atoms with Crippen LogP contribution in [0.5, 0.6) is 0 Å². The highest BCUT2D eigenvalue weighted by atomic mass is 16.2. The fourth-order valence-electron chi connectivity index (χ4n) is 1.39. The predicted molar refractivity (Wildman–Crippen MR) is 54.1 cm³/mol. The highest BCUT2D eigenvalue weighted by Crippen LogP contribution is 2.15. The van der Waals surface area contributed by atoms with Gasteiger partial charge in [-0.3, -0.25) is 4.79 Å². The van der Waals surface area contributed by atoms with E-state index in [-0.39, 0.29) is 5.91 Å². The minimum atomic E-state index is -0.00278. The first kappa shape index (κ1) is 8.74. The Labute approximate surface area is 81.6 Å². The fraction of sp³-hybridized carbons (Fsp3) is 0.200. The topological polar surface area (TPSA) is 49.0 Å². The summed E-state index contributed by atoms with van der Waals surface area (Å²) in [6.07, 6.45) is 3.42. The van der Waals surface area contributed by atoms with Crippen molar-refractivity contribution >= 4 is 16.9 Å². The van der Waals surface area contributed by atoms with Crippen molar-refractivity contribution in [3.8, 4) is 0 Å². The summed E-state index contributed by atoms with van der Waals surface area (Å²) in [4.78, 5) is 20.4. The second kappa shape index (κ2) is 3.14. The third kappa shape index (κ3) is 1.25. The van der Waals surface area contributed by atoms with Gasteiger partial charge in [0.2, 0.25) is 0 Å². The normalized spacial score (nSPS) is 10.4. The average molecular weight is 189 g/mol. The van der Waals surface area contributed by atoms with Crippen LogP contribution in [0.2, 0.25) is 0 Å². The van der Waals surface area contributed by atoms with Crippen LogP contribution in [0, 0.1) is 0 Å². The predicted octanol–water partition coefficient (Wildman–Crippen LogP) is 1.26. The Morgan fingerprint density at radius 3 is 2.93 bits per heavy atom. The van der Waals surface area contributed by atoms with Crippen LogP contribution in [-0.2, 0) is 0 Å². The van der Waals surface area contributed by atoms with Crippen LogP contribution in [0.3, 0.4) is 0 Å². The molecule has 72 valence electrons.